The quantitative estimate of drug-likeness (QED) is 0.0541. The van der Waals surface area contributed by atoms with Gasteiger partial charge in [-0.25, -0.2) is 26.4 Å². The maximum Gasteiger partial charge on any atom is 0.501 e. The van der Waals surface area contributed by atoms with E-state index in [9.17, 15) is 49.2 Å². The number of imide groups is 1. The van der Waals surface area contributed by atoms with Crippen LogP contribution in [0.4, 0.5) is 40.8 Å². The van der Waals surface area contributed by atoms with E-state index in [2.05, 4.69) is 59.2 Å². The molecule has 0 spiro atoms. The zero-order valence-corrected chi connectivity index (χ0v) is 51.5. The van der Waals surface area contributed by atoms with Crippen molar-refractivity contribution in [2.75, 3.05) is 131 Å². The third-order valence-electron chi connectivity index (χ3n) is 16.8. The number of H-pyrrole nitrogens is 1. The lowest BCUT2D eigenvalue weighted by Crippen LogP contribution is -2.51. The van der Waals surface area contributed by atoms with Crippen LogP contribution >= 0.6 is 23.4 Å². The van der Waals surface area contributed by atoms with Gasteiger partial charge in [0.2, 0.25) is 5.91 Å². The average molecular weight is 1280 g/mol. The van der Waals surface area contributed by atoms with Gasteiger partial charge in [-0.1, -0.05) is 54.4 Å². The minimum atomic E-state index is -6.10. The summed E-state index contributed by atoms with van der Waals surface area (Å²) in [6.07, 6.45) is 4.16. The van der Waals surface area contributed by atoms with Crippen molar-refractivity contribution in [2.45, 2.75) is 71.7 Å². The number of sulfone groups is 1. The van der Waals surface area contributed by atoms with Gasteiger partial charge in [0.15, 0.2) is 0 Å². The summed E-state index contributed by atoms with van der Waals surface area (Å²) in [6, 6.07) is 28.5. The highest BCUT2D eigenvalue weighted by molar-refractivity contribution is 7.99. The van der Waals surface area contributed by atoms with E-state index in [4.69, 9.17) is 16.3 Å². The number of urea groups is 1. The maximum absolute atomic E-state index is 14.4. The molecule has 5 aromatic rings. The summed E-state index contributed by atoms with van der Waals surface area (Å²) in [6.45, 7) is 13.1. The number of hydrogen-bond donors (Lipinski definition) is 4. The standard InChI is InChI=1S/C61H72ClF3N10O9S3/c1-60(42-72-29-33-74(34-30-72)55-19-18-53(58(78)67-55)75-26-22-56(76)68-59(75)79)23-20-51(43-8-12-46(62)13-9-43)45(39-60)40-71-27-31-73(32-28-71)48-14-10-44(11-15-48)57(77)69-87(82,83)50-16-17-52(54(38-50)86(80,81)61(63,64)65)66-47(41-85-49-6-3-2-4-7-49)21-25-70-24-5-36-84-37-35-70/h2-4,6-19,38,47,66H,5,20-37,39-42H2,1H3,(H,67,78)(H,69,77)(H,68,76,79)/t47-,60-/m1/s1. The van der Waals surface area contributed by atoms with E-state index in [1.165, 1.54) is 39.9 Å². The number of rotatable bonds is 20. The first-order chi connectivity index (χ1) is 41.6. The van der Waals surface area contributed by atoms with Crippen LogP contribution in [-0.2, 0) is 29.4 Å². The molecule has 4 aromatic carbocycles. The van der Waals surface area contributed by atoms with Crippen molar-refractivity contribution >= 4 is 89.5 Å². The number of benzene rings is 4. The fourth-order valence-corrected chi connectivity index (χ4v) is 15.2. The topological polar surface area (TPSA) is 217 Å². The molecule has 0 unspecified atom stereocenters. The number of carbonyl (C=O) groups excluding carboxylic acids is 3. The van der Waals surface area contributed by atoms with Gasteiger partial charge in [0.25, 0.3) is 31.3 Å². The molecular weight excluding hydrogens is 1210 g/mol. The fraction of sp³-hybridized carbons (Fsp3) is 0.443. The number of sulfonamides is 1. The van der Waals surface area contributed by atoms with Gasteiger partial charge in [-0.2, -0.15) is 13.2 Å². The molecule has 2 atom stereocenters. The van der Waals surface area contributed by atoms with E-state index >= 15 is 0 Å². The Kier molecular flexibility index (Phi) is 20.1. The van der Waals surface area contributed by atoms with E-state index in [-0.39, 0.29) is 35.5 Å². The molecule has 0 radical (unpaired) electrons. The number of carbonyl (C=O) groups is 3. The van der Waals surface area contributed by atoms with Crippen molar-refractivity contribution in [3.8, 4) is 0 Å². The Morgan fingerprint density at radius 1 is 0.782 bits per heavy atom. The number of thioether (sulfide) groups is 1. The highest BCUT2D eigenvalue weighted by atomic mass is 35.5. The van der Waals surface area contributed by atoms with E-state index in [0.29, 0.717) is 81.6 Å². The smallest absolute Gasteiger partial charge is 0.380 e. The van der Waals surface area contributed by atoms with Crippen molar-refractivity contribution in [1.29, 1.82) is 0 Å². The average Bonchev–Trinajstić information content (AvgIpc) is 3.68. The number of alkyl halides is 3. The number of allylic oxidation sites excluding steroid dienone is 1. The maximum atomic E-state index is 14.4. The van der Waals surface area contributed by atoms with E-state index in [0.717, 1.165) is 99.8 Å². The zero-order chi connectivity index (χ0) is 61.5. The molecule has 19 nitrogen and oxygen atoms in total. The Morgan fingerprint density at radius 2 is 1.49 bits per heavy atom. The van der Waals surface area contributed by atoms with E-state index in [1.807, 2.05) is 53.3 Å². The number of anilines is 4. The predicted molar refractivity (Wildman–Crippen MR) is 332 cm³/mol. The Morgan fingerprint density at radius 3 is 2.20 bits per heavy atom. The molecule has 1 aliphatic carbocycles. The van der Waals surface area contributed by atoms with Gasteiger partial charge in [-0.3, -0.25) is 34.4 Å². The van der Waals surface area contributed by atoms with E-state index < -0.39 is 64.4 Å². The fourth-order valence-electron chi connectivity index (χ4n) is 12.1. The van der Waals surface area contributed by atoms with Crippen LogP contribution in [0.15, 0.2) is 134 Å². The van der Waals surface area contributed by atoms with Crippen molar-refractivity contribution < 1.29 is 49.1 Å². The third kappa shape index (κ3) is 15.9. The van der Waals surface area contributed by atoms with Gasteiger partial charge >= 0.3 is 11.5 Å². The normalized spacial score (nSPS) is 20.3. The molecule has 5 aliphatic rings. The Labute approximate surface area is 514 Å². The molecule has 0 bridgehead atoms. The van der Waals surface area contributed by atoms with Gasteiger partial charge in [0.1, 0.15) is 16.4 Å². The molecule has 0 saturated carbocycles. The lowest BCUT2D eigenvalue weighted by molar-refractivity contribution is -0.120. The van der Waals surface area contributed by atoms with Crippen LogP contribution in [0.2, 0.25) is 5.02 Å². The number of halogens is 4. The predicted octanol–water partition coefficient (Wildman–Crippen LogP) is 8.16. The lowest BCUT2D eigenvalue weighted by Gasteiger charge is -2.44. The van der Waals surface area contributed by atoms with Crippen LogP contribution in [0.3, 0.4) is 0 Å². The summed E-state index contributed by atoms with van der Waals surface area (Å²) < 4.78 is 105. The molecule has 466 valence electrons. The molecule has 4 amide bonds. The SMILES string of the molecule is C[C@@]1(CN2CCN(c3ccc(N4CCC(=O)NC4=O)c(=O)[nH]3)CC2)CCC(c2ccc(Cl)cc2)=C(CN2CCN(c3ccc(C(=O)NS(=O)(=O)c4ccc(N[C@H](CCN5CCCOCC5)CSc5ccccc5)c(S(=O)(=O)C(F)(F)F)c4)cc3)CC2)C1. The Balaban J connectivity index is 0.757. The number of aromatic nitrogens is 1. The van der Waals surface area contributed by atoms with Crippen LogP contribution in [0.1, 0.15) is 61.4 Å². The highest BCUT2D eigenvalue weighted by Gasteiger charge is 2.49. The molecule has 26 heteroatoms. The summed E-state index contributed by atoms with van der Waals surface area (Å²) in [5.41, 5.74) is -1.75. The first-order valence-electron chi connectivity index (χ1n) is 29.2. The summed E-state index contributed by atoms with van der Waals surface area (Å²) in [5.74, 6) is -0.388. The zero-order valence-electron chi connectivity index (χ0n) is 48.3. The molecule has 87 heavy (non-hydrogen) atoms. The number of ether oxygens (including phenoxy) is 1. The molecule has 4 N–H and O–H groups in total. The molecule has 10 rings (SSSR count). The molecule has 4 saturated heterocycles. The number of aromatic amines is 1. The summed E-state index contributed by atoms with van der Waals surface area (Å²) in [4.78, 5) is 65.3. The van der Waals surface area contributed by atoms with Gasteiger partial charge in [0, 0.05) is 138 Å². The van der Waals surface area contributed by atoms with Crippen LogP contribution in [0.5, 0.6) is 0 Å². The second-order valence-electron chi connectivity index (χ2n) is 23.1. The number of nitrogens with one attached hydrogen (secondary N) is 4. The lowest BCUT2D eigenvalue weighted by atomic mass is 9.71. The minimum absolute atomic E-state index is 0.0109. The summed E-state index contributed by atoms with van der Waals surface area (Å²) in [5, 5.41) is 5.95. The second kappa shape index (κ2) is 27.5. The molecule has 4 aliphatic heterocycles. The van der Waals surface area contributed by atoms with Crippen LogP contribution in [-0.4, -0.2) is 177 Å². The van der Waals surface area contributed by atoms with Gasteiger partial charge < -0.3 is 29.7 Å². The molecular formula is C61H72ClF3N10O9S3. The summed E-state index contributed by atoms with van der Waals surface area (Å²) >= 11 is 7.79. The largest absolute Gasteiger partial charge is 0.501 e. The first kappa shape index (κ1) is 63.6. The molecule has 5 heterocycles. The third-order valence-corrected chi connectivity index (χ3v) is 21.1. The minimum Gasteiger partial charge on any atom is -0.380 e. The molecule has 1 aromatic heterocycles. The van der Waals surface area contributed by atoms with Crippen LogP contribution < -0.4 is 35.6 Å². The van der Waals surface area contributed by atoms with Gasteiger partial charge in [-0.15, -0.1) is 11.8 Å². The number of hydrogen-bond acceptors (Lipinski definition) is 16. The second-order valence-corrected chi connectivity index (χ2v) is 28.2. The van der Waals surface area contributed by atoms with Crippen LogP contribution in [0, 0.1) is 5.41 Å². The highest BCUT2D eigenvalue weighted by Crippen LogP contribution is 2.44. The van der Waals surface area contributed by atoms with Gasteiger partial charge in [-0.05, 0) is 128 Å². The monoisotopic (exact) mass is 1280 g/mol. The number of pyridine rings is 1. The molecule has 4 fully saturated rings. The number of amides is 4. The first-order valence-corrected chi connectivity index (χ1v) is 33.6. The van der Waals surface area contributed by atoms with Crippen molar-refractivity contribution in [3.63, 3.8) is 0 Å². The van der Waals surface area contributed by atoms with E-state index in [1.54, 1.807) is 18.2 Å². The van der Waals surface area contributed by atoms with Crippen molar-refractivity contribution in [3.05, 3.63) is 141 Å². The summed E-state index contributed by atoms with van der Waals surface area (Å²) in [7, 11) is -11.0. The van der Waals surface area contributed by atoms with Crippen LogP contribution in [0.25, 0.3) is 5.57 Å². The number of piperazine rings is 2. The number of nitrogens with zero attached hydrogens (tertiary/aromatic N) is 6. The van der Waals surface area contributed by atoms with Crippen molar-refractivity contribution in [1.82, 2.24) is 29.7 Å². The Bertz CT molecular complexity index is 3600. The van der Waals surface area contributed by atoms with Crippen molar-refractivity contribution in [2.24, 2.45) is 5.41 Å². The van der Waals surface area contributed by atoms with Gasteiger partial charge in [0.05, 0.1) is 17.2 Å². The Hall–Kier alpha value is -6.45.